The molecule has 0 amide bonds. The van der Waals surface area contributed by atoms with E-state index in [9.17, 15) is 13.6 Å². The van der Waals surface area contributed by atoms with Crippen LogP contribution in [0.25, 0.3) is 0 Å². The monoisotopic (exact) mass is 192 g/mol. The molecule has 0 spiro atoms. The third kappa shape index (κ3) is 5.33. The van der Waals surface area contributed by atoms with Crippen LogP contribution >= 0.6 is 0 Å². The highest BCUT2D eigenvalue weighted by Gasteiger charge is 2.12. The highest BCUT2D eigenvalue weighted by atomic mass is 19.3. The van der Waals surface area contributed by atoms with Crippen molar-refractivity contribution in [2.24, 2.45) is 0 Å². The highest BCUT2D eigenvalue weighted by Crippen LogP contribution is 2.14. The van der Waals surface area contributed by atoms with Gasteiger partial charge in [-0.25, -0.2) is 13.6 Å². The molecule has 0 saturated heterocycles. The second kappa shape index (κ2) is 6.57. The Balaban J connectivity index is 4.25. The maximum Gasteiger partial charge on any atom is 0.330 e. The molecule has 0 rings (SSSR count). The lowest BCUT2D eigenvalue weighted by Crippen LogP contribution is -2.05. The molecule has 76 valence electrons. The summed E-state index contributed by atoms with van der Waals surface area (Å²) >= 11 is 0. The normalized spacial score (nSPS) is 11.9. The smallest absolute Gasteiger partial charge is 0.330 e. The van der Waals surface area contributed by atoms with E-state index >= 15 is 0 Å². The summed E-state index contributed by atoms with van der Waals surface area (Å²) in [5.41, 5.74) is -0.152. The summed E-state index contributed by atoms with van der Waals surface area (Å²) in [5.74, 6) is -0.689. The van der Waals surface area contributed by atoms with Crippen LogP contribution in [0.1, 0.15) is 26.7 Å². The Labute approximate surface area is 76.6 Å². The van der Waals surface area contributed by atoms with Gasteiger partial charge in [0.15, 0.2) is 0 Å². The van der Waals surface area contributed by atoms with Gasteiger partial charge in [0.1, 0.15) is 0 Å². The summed E-state index contributed by atoms with van der Waals surface area (Å²) in [7, 11) is 0. The Morgan fingerprint density at radius 3 is 2.46 bits per heavy atom. The molecule has 0 aromatic rings. The number of ether oxygens (including phenoxy) is 1. The molecule has 0 saturated carbocycles. The van der Waals surface area contributed by atoms with Crippen molar-refractivity contribution in [3.63, 3.8) is 0 Å². The minimum absolute atomic E-state index is 0.152. The van der Waals surface area contributed by atoms with Gasteiger partial charge < -0.3 is 4.74 Å². The molecule has 0 heterocycles. The first-order valence-electron chi connectivity index (χ1n) is 4.27. The number of carbonyl (C=O) groups excluding carboxylic acids is 1. The van der Waals surface area contributed by atoms with Gasteiger partial charge in [-0.2, -0.15) is 0 Å². The number of hydrogen-bond acceptors (Lipinski definition) is 2. The Morgan fingerprint density at radius 1 is 1.46 bits per heavy atom. The zero-order valence-corrected chi connectivity index (χ0v) is 7.85. The van der Waals surface area contributed by atoms with Crippen LogP contribution in [0.3, 0.4) is 0 Å². The number of alkyl halides is 2. The molecule has 0 aliphatic heterocycles. The Morgan fingerprint density at radius 2 is 2.08 bits per heavy atom. The predicted molar refractivity (Wildman–Crippen MR) is 45.6 cm³/mol. The molecule has 0 atom stereocenters. The third-order valence-corrected chi connectivity index (χ3v) is 1.41. The van der Waals surface area contributed by atoms with Crippen molar-refractivity contribution < 1.29 is 18.3 Å². The van der Waals surface area contributed by atoms with Crippen molar-refractivity contribution >= 4 is 5.97 Å². The lowest BCUT2D eigenvalue weighted by Gasteiger charge is -2.03. The zero-order chi connectivity index (χ0) is 10.3. The summed E-state index contributed by atoms with van der Waals surface area (Å²) in [6.45, 7) is 3.62. The van der Waals surface area contributed by atoms with E-state index in [2.05, 4.69) is 4.74 Å². The lowest BCUT2D eigenvalue weighted by atomic mass is 10.1. The van der Waals surface area contributed by atoms with Gasteiger partial charge in [-0.05, 0) is 13.3 Å². The highest BCUT2D eigenvalue weighted by molar-refractivity contribution is 5.82. The largest absolute Gasteiger partial charge is 0.463 e. The molecule has 4 heteroatoms. The number of hydrogen-bond donors (Lipinski definition) is 0. The molecule has 13 heavy (non-hydrogen) atoms. The quantitative estimate of drug-likeness (QED) is 0.494. The topological polar surface area (TPSA) is 26.3 Å². The molecule has 0 aromatic heterocycles. The van der Waals surface area contributed by atoms with Gasteiger partial charge in [0.05, 0.1) is 6.61 Å². The fraction of sp³-hybridized carbons (Fsp3) is 0.667. The van der Waals surface area contributed by atoms with Crippen LogP contribution in [0, 0.1) is 0 Å². The Bertz CT molecular complexity index is 188. The Hall–Kier alpha value is -0.930. The van der Waals surface area contributed by atoms with Crippen molar-refractivity contribution in [2.45, 2.75) is 33.1 Å². The first-order chi connectivity index (χ1) is 6.11. The molecule has 2 nitrogen and oxygen atoms in total. The summed E-state index contributed by atoms with van der Waals surface area (Å²) < 4.78 is 28.9. The maximum absolute atomic E-state index is 12.2. The molecule has 0 aliphatic carbocycles. The molecular weight excluding hydrogens is 178 g/mol. The molecule has 0 aromatic carbocycles. The standard InChI is InChI=1S/C9H14F2O2/c1-3-5-7(9(10)11)6-8(12)13-4-2/h6,9H,3-5H2,1-2H3/b7-6+. The summed E-state index contributed by atoms with van der Waals surface area (Å²) in [6, 6.07) is 0. The van der Waals surface area contributed by atoms with Gasteiger partial charge in [0.25, 0.3) is 6.43 Å². The van der Waals surface area contributed by atoms with Crippen LogP contribution < -0.4 is 0 Å². The zero-order valence-electron chi connectivity index (χ0n) is 7.85. The van der Waals surface area contributed by atoms with Crippen molar-refractivity contribution in [3.05, 3.63) is 11.6 Å². The summed E-state index contributed by atoms with van der Waals surface area (Å²) in [6.07, 6.45) is -0.853. The second-order valence-electron chi connectivity index (χ2n) is 2.52. The molecule has 0 fully saturated rings. The third-order valence-electron chi connectivity index (χ3n) is 1.41. The fourth-order valence-electron chi connectivity index (χ4n) is 0.868. The first kappa shape index (κ1) is 12.1. The van der Waals surface area contributed by atoms with Crippen LogP contribution in [-0.4, -0.2) is 19.0 Å². The van der Waals surface area contributed by atoms with E-state index in [1.807, 2.05) is 0 Å². The van der Waals surface area contributed by atoms with E-state index in [1.165, 1.54) is 0 Å². The minimum Gasteiger partial charge on any atom is -0.463 e. The number of allylic oxidation sites excluding steroid dienone is 1. The van der Waals surface area contributed by atoms with Gasteiger partial charge in [-0.1, -0.05) is 13.3 Å². The van der Waals surface area contributed by atoms with Gasteiger partial charge >= 0.3 is 5.97 Å². The average Bonchev–Trinajstić information content (AvgIpc) is 2.04. The number of halogens is 2. The second-order valence-corrected chi connectivity index (χ2v) is 2.52. The first-order valence-corrected chi connectivity index (χ1v) is 4.27. The van der Waals surface area contributed by atoms with Crippen LogP contribution in [0.15, 0.2) is 11.6 Å². The maximum atomic E-state index is 12.2. The van der Waals surface area contributed by atoms with E-state index in [0.717, 1.165) is 6.08 Å². The van der Waals surface area contributed by atoms with Gasteiger partial charge in [0, 0.05) is 11.6 Å². The number of esters is 1. The van der Waals surface area contributed by atoms with Gasteiger partial charge in [-0.3, -0.25) is 0 Å². The number of carbonyl (C=O) groups is 1. The van der Waals surface area contributed by atoms with Gasteiger partial charge in [-0.15, -0.1) is 0 Å². The minimum atomic E-state index is -2.57. The average molecular weight is 192 g/mol. The van der Waals surface area contributed by atoms with E-state index < -0.39 is 12.4 Å². The number of rotatable bonds is 5. The van der Waals surface area contributed by atoms with E-state index in [-0.39, 0.29) is 18.6 Å². The van der Waals surface area contributed by atoms with Crippen LogP contribution in [0.5, 0.6) is 0 Å². The van der Waals surface area contributed by atoms with Crippen molar-refractivity contribution in [2.75, 3.05) is 6.61 Å². The van der Waals surface area contributed by atoms with Crippen LogP contribution in [0.2, 0.25) is 0 Å². The van der Waals surface area contributed by atoms with Crippen molar-refractivity contribution in [3.8, 4) is 0 Å². The van der Waals surface area contributed by atoms with E-state index in [4.69, 9.17) is 0 Å². The molecule has 0 N–H and O–H groups in total. The fourth-order valence-corrected chi connectivity index (χ4v) is 0.868. The van der Waals surface area contributed by atoms with Crippen LogP contribution in [-0.2, 0) is 9.53 Å². The predicted octanol–water partition coefficient (Wildman–Crippen LogP) is 2.54. The molecule has 0 bridgehead atoms. The summed E-state index contributed by atoms with van der Waals surface area (Å²) in [5, 5.41) is 0. The van der Waals surface area contributed by atoms with Crippen LogP contribution in [0.4, 0.5) is 8.78 Å². The van der Waals surface area contributed by atoms with Crippen molar-refractivity contribution in [1.29, 1.82) is 0 Å². The SMILES string of the molecule is CCC/C(=C\C(=O)OCC)C(F)F. The molecule has 0 unspecified atom stereocenters. The Kier molecular flexibility index (Phi) is 6.10. The van der Waals surface area contributed by atoms with Crippen molar-refractivity contribution in [1.82, 2.24) is 0 Å². The van der Waals surface area contributed by atoms with E-state index in [0.29, 0.717) is 6.42 Å². The molecular formula is C9H14F2O2. The molecule has 0 aliphatic rings. The summed E-state index contributed by atoms with van der Waals surface area (Å²) in [4.78, 5) is 10.8. The van der Waals surface area contributed by atoms with E-state index in [1.54, 1.807) is 13.8 Å². The lowest BCUT2D eigenvalue weighted by molar-refractivity contribution is -0.137. The van der Waals surface area contributed by atoms with Gasteiger partial charge in [0.2, 0.25) is 0 Å². The molecule has 0 radical (unpaired) electrons.